The molecule has 0 aliphatic rings. The molecule has 4 aromatic rings. The highest BCUT2D eigenvalue weighted by atomic mass is 35.5. The topological polar surface area (TPSA) is 25.8 Å². The van der Waals surface area contributed by atoms with E-state index < -0.39 is 5.82 Å². The van der Waals surface area contributed by atoms with Crippen LogP contribution in [-0.2, 0) is 0 Å². The second kappa shape index (κ2) is 6.87. The summed E-state index contributed by atoms with van der Waals surface area (Å²) < 4.78 is 26.5. The minimum Gasteiger partial charge on any atom is -0.241 e. The van der Waals surface area contributed by atoms with Gasteiger partial charge in [-0.05, 0) is 49.4 Å². The van der Waals surface area contributed by atoms with Crippen molar-refractivity contribution in [3.8, 4) is 31.7 Å². The lowest BCUT2D eigenvalue weighted by molar-refractivity contribution is 0.628. The van der Waals surface area contributed by atoms with E-state index in [-0.39, 0.29) is 10.8 Å². The molecule has 0 atom stereocenters. The van der Waals surface area contributed by atoms with Crippen LogP contribution in [0.3, 0.4) is 0 Å². The molecule has 0 amide bonds. The van der Waals surface area contributed by atoms with Gasteiger partial charge in [-0.15, -0.1) is 22.7 Å². The highest BCUT2D eigenvalue weighted by Crippen LogP contribution is 2.37. The van der Waals surface area contributed by atoms with E-state index >= 15 is 0 Å². The van der Waals surface area contributed by atoms with Gasteiger partial charge in [0.2, 0.25) is 0 Å². The lowest BCUT2D eigenvalue weighted by Gasteiger charge is -1.98. The summed E-state index contributed by atoms with van der Waals surface area (Å²) in [6.45, 7) is 1.92. The van der Waals surface area contributed by atoms with Crippen molar-refractivity contribution in [1.29, 1.82) is 0 Å². The summed E-state index contributed by atoms with van der Waals surface area (Å²) in [6.07, 6.45) is 0. The molecule has 130 valence electrons. The van der Waals surface area contributed by atoms with Crippen LogP contribution in [0.4, 0.5) is 8.78 Å². The van der Waals surface area contributed by atoms with E-state index in [0.29, 0.717) is 0 Å². The third-order valence-corrected chi connectivity index (χ3v) is 6.20. The zero-order valence-electron chi connectivity index (χ0n) is 13.5. The standard InChI is InChI=1S/C19H11ClF2N2S2/c1-10-17(26-19(23-10)11-2-5-13(21)6-3-11)16-9-25-18(24-16)12-4-7-15(22)14(20)8-12/h2-9H,1H3. The van der Waals surface area contributed by atoms with Gasteiger partial charge in [0.25, 0.3) is 0 Å². The van der Waals surface area contributed by atoms with Crippen molar-refractivity contribution in [3.63, 3.8) is 0 Å². The number of thiazole rings is 2. The van der Waals surface area contributed by atoms with E-state index in [9.17, 15) is 8.78 Å². The fourth-order valence-electron chi connectivity index (χ4n) is 2.49. The van der Waals surface area contributed by atoms with Gasteiger partial charge >= 0.3 is 0 Å². The predicted molar refractivity (Wildman–Crippen MR) is 104 cm³/mol. The van der Waals surface area contributed by atoms with Gasteiger partial charge in [0.1, 0.15) is 21.6 Å². The Morgan fingerprint density at radius 1 is 0.923 bits per heavy atom. The van der Waals surface area contributed by atoms with Gasteiger partial charge in [0.15, 0.2) is 0 Å². The number of aromatic nitrogens is 2. The molecule has 2 nitrogen and oxygen atoms in total. The van der Waals surface area contributed by atoms with Crippen LogP contribution in [0.15, 0.2) is 47.8 Å². The summed E-state index contributed by atoms with van der Waals surface area (Å²) in [6, 6.07) is 10.8. The van der Waals surface area contributed by atoms with E-state index in [1.54, 1.807) is 24.3 Å². The molecule has 0 bridgehead atoms. The third kappa shape index (κ3) is 3.28. The molecule has 26 heavy (non-hydrogen) atoms. The lowest BCUT2D eigenvalue weighted by atomic mass is 10.2. The summed E-state index contributed by atoms with van der Waals surface area (Å²) in [7, 11) is 0. The van der Waals surface area contributed by atoms with E-state index in [0.717, 1.165) is 37.4 Å². The Morgan fingerprint density at radius 3 is 2.38 bits per heavy atom. The SMILES string of the molecule is Cc1nc(-c2ccc(F)cc2)sc1-c1csc(-c2ccc(F)c(Cl)c2)n1. The molecular formula is C19H11ClF2N2S2. The second-order valence-electron chi connectivity index (χ2n) is 5.61. The molecule has 2 aromatic heterocycles. The van der Waals surface area contributed by atoms with Crippen molar-refractivity contribution >= 4 is 34.3 Å². The first-order valence-electron chi connectivity index (χ1n) is 7.66. The van der Waals surface area contributed by atoms with Gasteiger partial charge in [-0.25, -0.2) is 18.7 Å². The van der Waals surface area contributed by atoms with Crippen molar-refractivity contribution in [2.45, 2.75) is 6.92 Å². The Bertz CT molecular complexity index is 1090. The number of nitrogens with zero attached hydrogens (tertiary/aromatic N) is 2. The monoisotopic (exact) mass is 404 g/mol. The minimum atomic E-state index is -0.450. The molecule has 4 rings (SSSR count). The van der Waals surface area contributed by atoms with Crippen LogP contribution in [0.1, 0.15) is 5.69 Å². The maximum absolute atomic E-state index is 13.3. The van der Waals surface area contributed by atoms with Crippen LogP contribution in [0, 0.1) is 18.6 Å². The largest absolute Gasteiger partial charge is 0.241 e. The highest BCUT2D eigenvalue weighted by Gasteiger charge is 2.15. The zero-order chi connectivity index (χ0) is 18.3. The molecule has 0 radical (unpaired) electrons. The number of hydrogen-bond acceptors (Lipinski definition) is 4. The minimum absolute atomic E-state index is 0.0758. The fourth-order valence-corrected chi connectivity index (χ4v) is 4.59. The Balaban J connectivity index is 1.69. The number of benzene rings is 2. The number of hydrogen-bond donors (Lipinski definition) is 0. The number of rotatable bonds is 3. The Labute approximate surface area is 161 Å². The molecule has 0 N–H and O–H groups in total. The molecule has 2 aromatic carbocycles. The zero-order valence-corrected chi connectivity index (χ0v) is 15.9. The molecule has 7 heteroatoms. The average Bonchev–Trinajstić information content (AvgIpc) is 3.25. The van der Waals surface area contributed by atoms with Crippen LogP contribution in [0.2, 0.25) is 5.02 Å². The summed E-state index contributed by atoms with van der Waals surface area (Å²) in [5.41, 5.74) is 3.32. The van der Waals surface area contributed by atoms with Crippen LogP contribution >= 0.6 is 34.3 Å². The van der Waals surface area contributed by atoms with Crippen molar-refractivity contribution in [2.24, 2.45) is 0 Å². The van der Waals surface area contributed by atoms with Crippen molar-refractivity contribution in [3.05, 3.63) is 70.2 Å². The Kier molecular flexibility index (Phi) is 4.56. The van der Waals surface area contributed by atoms with Crippen molar-refractivity contribution in [1.82, 2.24) is 9.97 Å². The fraction of sp³-hybridized carbons (Fsp3) is 0.0526. The van der Waals surface area contributed by atoms with Crippen LogP contribution < -0.4 is 0 Å². The number of halogens is 3. The van der Waals surface area contributed by atoms with Crippen molar-refractivity contribution in [2.75, 3.05) is 0 Å². The molecule has 0 spiro atoms. The first-order chi connectivity index (χ1) is 12.5. The summed E-state index contributed by atoms with van der Waals surface area (Å²) >= 11 is 8.84. The average molecular weight is 405 g/mol. The van der Waals surface area contributed by atoms with Gasteiger partial charge in [-0.1, -0.05) is 11.6 Å². The highest BCUT2D eigenvalue weighted by molar-refractivity contribution is 7.19. The van der Waals surface area contributed by atoms with Gasteiger partial charge in [-0.2, -0.15) is 0 Å². The lowest BCUT2D eigenvalue weighted by Crippen LogP contribution is -1.82. The molecule has 2 heterocycles. The molecular weight excluding hydrogens is 394 g/mol. The normalized spacial score (nSPS) is 11.1. The van der Waals surface area contributed by atoms with Gasteiger partial charge in [-0.3, -0.25) is 0 Å². The van der Waals surface area contributed by atoms with Crippen LogP contribution in [0.25, 0.3) is 31.7 Å². The van der Waals surface area contributed by atoms with Crippen LogP contribution in [0.5, 0.6) is 0 Å². The first-order valence-corrected chi connectivity index (χ1v) is 9.73. The van der Waals surface area contributed by atoms with Gasteiger partial charge < -0.3 is 0 Å². The summed E-state index contributed by atoms with van der Waals surface area (Å²) in [5.74, 6) is -0.723. The van der Waals surface area contributed by atoms with Gasteiger partial charge in [0.05, 0.1) is 21.3 Å². The van der Waals surface area contributed by atoms with E-state index in [1.807, 2.05) is 12.3 Å². The Morgan fingerprint density at radius 2 is 1.65 bits per heavy atom. The van der Waals surface area contributed by atoms with Crippen LogP contribution in [-0.4, -0.2) is 9.97 Å². The molecule has 0 unspecified atom stereocenters. The maximum atomic E-state index is 13.3. The van der Waals surface area contributed by atoms with E-state index in [2.05, 4.69) is 9.97 Å². The first kappa shape index (κ1) is 17.3. The molecule has 0 saturated heterocycles. The molecule has 0 fully saturated rings. The molecule has 0 aliphatic carbocycles. The Hall–Kier alpha value is -2.15. The van der Waals surface area contributed by atoms with Crippen molar-refractivity contribution < 1.29 is 8.78 Å². The summed E-state index contributed by atoms with van der Waals surface area (Å²) in [4.78, 5) is 10.2. The van der Waals surface area contributed by atoms with E-state index in [4.69, 9.17) is 11.6 Å². The second-order valence-corrected chi connectivity index (χ2v) is 7.87. The predicted octanol–water partition coefficient (Wildman–Crippen LogP) is 6.84. The smallest absolute Gasteiger partial charge is 0.141 e. The van der Waals surface area contributed by atoms with Gasteiger partial charge in [0, 0.05) is 16.5 Å². The quantitative estimate of drug-likeness (QED) is 0.373. The maximum Gasteiger partial charge on any atom is 0.141 e. The molecule has 0 saturated carbocycles. The molecule has 0 aliphatic heterocycles. The number of aryl methyl sites for hydroxylation is 1. The third-order valence-electron chi connectivity index (χ3n) is 3.79. The summed E-state index contributed by atoms with van der Waals surface area (Å²) in [5, 5.41) is 3.60. The van der Waals surface area contributed by atoms with E-state index in [1.165, 1.54) is 40.9 Å².